The zero-order valence-electron chi connectivity index (χ0n) is 21.8. The Balaban J connectivity index is 1.22. The Hall–Kier alpha value is -4.16. The molecule has 3 aromatic carbocycles. The van der Waals surface area contributed by atoms with E-state index in [4.69, 9.17) is 0 Å². The van der Waals surface area contributed by atoms with Gasteiger partial charge in [0, 0.05) is 36.7 Å². The van der Waals surface area contributed by atoms with E-state index in [1.54, 1.807) is 6.20 Å². The first-order chi connectivity index (χ1) is 18.5. The molecule has 38 heavy (non-hydrogen) atoms. The van der Waals surface area contributed by atoms with Crippen molar-refractivity contribution in [3.8, 4) is 11.1 Å². The van der Waals surface area contributed by atoms with Crippen LogP contribution in [0.15, 0.2) is 73.1 Å². The Labute approximate surface area is 223 Å². The summed E-state index contributed by atoms with van der Waals surface area (Å²) in [7, 11) is 0. The van der Waals surface area contributed by atoms with Gasteiger partial charge < -0.3 is 20.6 Å². The molecule has 6 rings (SSSR count). The number of fused-ring (bicyclic) bond motifs is 2. The summed E-state index contributed by atoms with van der Waals surface area (Å²) < 4.78 is 0. The molecular weight excluding hydrogens is 472 g/mol. The summed E-state index contributed by atoms with van der Waals surface area (Å²) in [5.74, 6) is -0.957. The van der Waals surface area contributed by atoms with E-state index in [-0.39, 0.29) is 11.6 Å². The highest BCUT2D eigenvalue weighted by molar-refractivity contribution is 5.93. The molecule has 2 aliphatic heterocycles. The standard InChI is InChI=1S/C32H32N4O2/c1-20-3-8-31-24(15-20)11-14-36(31)25-5-7-26(21(2)16-25)22-4-6-27-23(17-22)9-13-34-30(27)19-35-29-18-33-12-10-28(29)32(37)38/h3-8,10,12,15-18,30,34-35H,9,11,13-14,19H2,1-2H3,(H,37,38)/t30-/m1/s1. The van der Waals surface area contributed by atoms with Crippen molar-refractivity contribution in [2.75, 3.05) is 29.9 Å². The van der Waals surface area contributed by atoms with E-state index in [1.165, 1.54) is 62.6 Å². The molecule has 2 aliphatic rings. The second kappa shape index (κ2) is 9.95. The molecule has 4 aromatic rings. The molecule has 6 heteroatoms. The molecule has 0 saturated carbocycles. The first kappa shape index (κ1) is 24.2. The maximum atomic E-state index is 11.5. The molecule has 0 radical (unpaired) electrons. The third-order valence-corrected chi connectivity index (χ3v) is 7.81. The minimum Gasteiger partial charge on any atom is -0.478 e. The van der Waals surface area contributed by atoms with Gasteiger partial charge in [0.15, 0.2) is 0 Å². The van der Waals surface area contributed by atoms with Gasteiger partial charge >= 0.3 is 5.97 Å². The average molecular weight is 505 g/mol. The number of aromatic nitrogens is 1. The van der Waals surface area contributed by atoms with Crippen LogP contribution >= 0.6 is 0 Å². The van der Waals surface area contributed by atoms with E-state index in [0.717, 1.165) is 25.9 Å². The van der Waals surface area contributed by atoms with Crippen LogP contribution in [-0.4, -0.2) is 35.7 Å². The molecule has 0 unspecified atom stereocenters. The van der Waals surface area contributed by atoms with Crippen molar-refractivity contribution in [2.45, 2.75) is 32.7 Å². The van der Waals surface area contributed by atoms with Crippen LogP contribution in [0, 0.1) is 13.8 Å². The molecule has 0 amide bonds. The van der Waals surface area contributed by atoms with Crippen LogP contribution < -0.4 is 15.5 Å². The van der Waals surface area contributed by atoms with Crippen molar-refractivity contribution in [3.63, 3.8) is 0 Å². The van der Waals surface area contributed by atoms with Crippen molar-refractivity contribution in [1.29, 1.82) is 0 Å². The minimum absolute atomic E-state index is 0.0944. The van der Waals surface area contributed by atoms with E-state index in [2.05, 4.69) is 89.0 Å². The van der Waals surface area contributed by atoms with Gasteiger partial charge in [0.25, 0.3) is 0 Å². The number of carboxylic acids is 1. The zero-order chi connectivity index (χ0) is 26.2. The molecule has 6 nitrogen and oxygen atoms in total. The zero-order valence-corrected chi connectivity index (χ0v) is 21.8. The number of nitrogens with zero attached hydrogens (tertiary/aromatic N) is 2. The van der Waals surface area contributed by atoms with Crippen molar-refractivity contribution in [2.24, 2.45) is 0 Å². The van der Waals surface area contributed by atoms with E-state index in [1.807, 2.05) is 0 Å². The first-order valence-corrected chi connectivity index (χ1v) is 13.2. The minimum atomic E-state index is -0.957. The predicted octanol–water partition coefficient (Wildman–Crippen LogP) is 6.06. The van der Waals surface area contributed by atoms with Crippen molar-refractivity contribution in [1.82, 2.24) is 10.3 Å². The lowest BCUT2D eigenvalue weighted by molar-refractivity contribution is 0.0697. The summed E-state index contributed by atoms with van der Waals surface area (Å²) in [6.07, 6.45) is 5.13. The summed E-state index contributed by atoms with van der Waals surface area (Å²) in [6, 6.07) is 22.0. The lowest BCUT2D eigenvalue weighted by Gasteiger charge is -2.28. The molecule has 0 saturated heterocycles. The number of benzene rings is 3. The third kappa shape index (κ3) is 4.52. The fourth-order valence-corrected chi connectivity index (χ4v) is 5.88. The molecule has 0 spiro atoms. The topological polar surface area (TPSA) is 77.5 Å². The van der Waals surface area contributed by atoms with Gasteiger partial charge in [-0.1, -0.05) is 42.0 Å². The number of carbonyl (C=O) groups is 1. The van der Waals surface area contributed by atoms with Gasteiger partial charge in [-0.15, -0.1) is 0 Å². The van der Waals surface area contributed by atoms with Crippen molar-refractivity contribution in [3.05, 3.63) is 106 Å². The van der Waals surface area contributed by atoms with Crippen LogP contribution in [-0.2, 0) is 12.8 Å². The van der Waals surface area contributed by atoms with E-state index in [0.29, 0.717) is 12.2 Å². The van der Waals surface area contributed by atoms with Gasteiger partial charge in [0.05, 0.1) is 17.4 Å². The third-order valence-electron chi connectivity index (χ3n) is 7.81. The Morgan fingerprint density at radius 2 is 1.95 bits per heavy atom. The number of aryl methyl sites for hydroxylation is 2. The molecule has 0 fully saturated rings. The fourth-order valence-electron chi connectivity index (χ4n) is 5.88. The number of rotatable bonds is 6. The number of anilines is 3. The number of aromatic carboxylic acids is 1. The van der Waals surface area contributed by atoms with E-state index in [9.17, 15) is 9.90 Å². The Morgan fingerprint density at radius 3 is 2.79 bits per heavy atom. The highest BCUT2D eigenvalue weighted by atomic mass is 16.4. The van der Waals surface area contributed by atoms with Gasteiger partial charge in [-0.3, -0.25) is 4.98 Å². The SMILES string of the molecule is Cc1ccc2c(c1)CCN2c1ccc(-c2ccc3c(c2)CCN[C@@H]3CNc2cnccc2C(=O)O)c(C)c1. The number of carboxylic acid groups (broad SMARTS) is 1. The summed E-state index contributed by atoms with van der Waals surface area (Å²) in [4.78, 5) is 18.1. The fraction of sp³-hybridized carbons (Fsp3) is 0.250. The molecule has 0 bridgehead atoms. The van der Waals surface area contributed by atoms with Crippen molar-refractivity contribution >= 4 is 23.0 Å². The summed E-state index contributed by atoms with van der Waals surface area (Å²) >= 11 is 0. The number of nitrogens with one attached hydrogen (secondary N) is 2. The number of hydrogen-bond acceptors (Lipinski definition) is 5. The van der Waals surface area contributed by atoms with Gasteiger partial charge in [-0.25, -0.2) is 4.79 Å². The monoisotopic (exact) mass is 504 g/mol. The average Bonchev–Trinajstić information content (AvgIpc) is 3.34. The highest BCUT2D eigenvalue weighted by Crippen LogP contribution is 2.38. The van der Waals surface area contributed by atoms with E-state index < -0.39 is 5.97 Å². The molecule has 1 aromatic heterocycles. The Morgan fingerprint density at radius 1 is 1.05 bits per heavy atom. The summed E-state index contributed by atoms with van der Waals surface area (Å²) in [6.45, 7) is 6.85. The van der Waals surface area contributed by atoms with Crippen molar-refractivity contribution < 1.29 is 9.90 Å². The van der Waals surface area contributed by atoms with Crippen LogP contribution in [0.1, 0.15) is 44.2 Å². The molecule has 3 heterocycles. The second-order valence-electron chi connectivity index (χ2n) is 10.3. The van der Waals surface area contributed by atoms with Gasteiger partial charge in [0.2, 0.25) is 0 Å². The Bertz CT molecular complexity index is 1530. The summed E-state index contributed by atoms with van der Waals surface area (Å²) in [5, 5.41) is 16.3. The van der Waals surface area contributed by atoms with E-state index >= 15 is 0 Å². The van der Waals surface area contributed by atoms with Gasteiger partial charge in [-0.05, 0) is 90.9 Å². The number of pyridine rings is 1. The maximum absolute atomic E-state index is 11.5. The molecule has 3 N–H and O–H groups in total. The van der Waals surface area contributed by atoms with Gasteiger partial charge in [-0.2, -0.15) is 0 Å². The van der Waals surface area contributed by atoms with Crippen LogP contribution in [0.2, 0.25) is 0 Å². The normalized spacial score (nSPS) is 16.2. The molecular formula is C32H32N4O2. The van der Waals surface area contributed by atoms with Gasteiger partial charge in [0.1, 0.15) is 0 Å². The quantitative estimate of drug-likeness (QED) is 0.296. The first-order valence-electron chi connectivity index (χ1n) is 13.2. The second-order valence-corrected chi connectivity index (χ2v) is 10.3. The largest absolute Gasteiger partial charge is 0.478 e. The Kier molecular flexibility index (Phi) is 6.34. The number of hydrogen-bond donors (Lipinski definition) is 3. The van der Waals surface area contributed by atoms with Crippen LogP contribution in [0.3, 0.4) is 0 Å². The molecule has 192 valence electrons. The lowest BCUT2D eigenvalue weighted by atomic mass is 9.89. The van der Waals surface area contributed by atoms with Crippen LogP contribution in [0.5, 0.6) is 0 Å². The molecule has 0 aliphatic carbocycles. The van der Waals surface area contributed by atoms with Crippen LogP contribution in [0.25, 0.3) is 11.1 Å². The summed E-state index contributed by atoms with van der Waals surface area (Å²) in [5.41, 5.74) is 12.5. The predicted molar refractivity (Wildman–Crippen MR) is 153 cm³/mol. The maximum Gasteiger partial charge on any atom is 0.337 e. The van der Waals surface area contributed by atoms with Crippen LogP contribution in [0.4, 0.5) is 17.1 Å². The smallest absolute Gasteiger partial charge is 0.337 e. The highest BCUT2D eigenvalue weighted by Gasteiger charge is 2.23. The molecule has 1 atom stereocenters. The lowest BCUT2D eigenvalue weighted by Crippen LogP contribution is -2.34.